The highest BCUT2D eigenvalue weighted by Crippen LogP contribution is 2.63. The van der Waals surface area contributed by atoms with Gasteiger partial charge in [-0.25, -0.2) is 0 Å². The van der Waals surface area contributed by atoms with Gasteiger partial charge in [0.2, 0.25) is 0 Å². The summed E-state index contributed by atoms with van der Waals surface area (Å²) in [6.45, 7) is 1.29. The van der Waals surface area contributed by atoms with Gasteiger partial charge >= 0.3 is 0 Å². The van der Waals surface area contributed by atoms with E-state index in [9.17, 15) is 9.59 Å². The molecule has 0 saturated heterocycles. The van der Waals surface area contributed by atoms with Crippen LogP contribution in [0.2, 0.25) is 0 Å². The number of benzene rings is 10. The number of para-hydroxylation sites is 4. The Morgan fingerprint density at radius 1 is 0.338 bits per heavy atom. The van der Waals surface area contributed by atoms with Crippen LogP contribution in [-0.2, 0) is 18.5 Å². The smallest absolute Gasteiger partial charge is 0.254 e. The van der Waals surface area contributed by atoms with E-state index in [0.29, 0.717) is 13.1 Å². The van der Waals surface area contributed by atoms with E-state index in [2.05, 4.69) is 228 Å². The largest absolute Gasteiger partial charge is 0.337 e. The van der Waals surface area contributed by atoms with Gasteiger partial charge in [-0.3, -0.25) is 9.59 Å². The number of carbonyl (C=O) groups excluding carboxylic acids is 2. The second-order valence-corrected chi connectivity index (χ2v) is 24.1. The molecule has 0 atom stereocenters. The monoisotopic (exact) mass is 968 g/mol. The van der Waals surface area contributed by atoms with Gasteiger partial charge in [0.05, 0.1) is 16.8 Å². The Labute approximate surface area is 431 Å². The topological polar surface area (TPSA) is 47.1 Å². The molecule has 0 radical (unpaired) electrons. The maximum atomic E-state index is 12.6. The maximum absolute atomic E-state index is 12.6. The van der Waals surface area contributed by atoms with E-state index < -0.39 is 13.5 Å². The molecule has 0 bridgehead atoms. The number of nitrogens with zero attached hydrogens (tertiary/aromatic N) is 4. The van der Waals surface area contributed by atoms with E-state index >= 15 is 0 Å². The van der Waals surface area contributed by atoms with Crippen molar-refractivity contribution in [1.82, 2.24) is 9.80 Å². The fourth-order valence-electron chi connectivity index (χ4n) is 13.9. The summed E-state index contributed by atoms with van der Waals surface area (Å²) < 4.78 is 0. The molecule has 0 aromatic heterocycles. The Balaban J connectivity index is 0.000000131. The summed E-state index contributed by atoms with van der Waals surface area (Å²) in [5.41, 5.74) is 20.9. The lowest BCUT2D eigenvalue weighted by molar-refractivity contribution is 0.0809. The average Bonchev–Trinajstić information content (AvgIpc) is 4.15. The number of anilines is 6. The predicted molar refractivity (Wildman–Crippen MR) is 301 cm³/mol. The maximum Gasteiger partial charge on any atom is 0.254 e. The summed E-state index contributed by atoms with van der Waals surface area (Å²) >= 11 is 0. The minimum atomic E-state index is -2.52. The van der Waals surface area contributed by atoms with Crippen LogP contribution in [-0.4, -0.2) is 43.8 Å². The predicted octanol–water partition coefficient (Wildman–Crippen LogP) is 11.8. The van der Waals surface area contributed by atoms with Crippen molar-refractivity contribution in [2.45, 2.75) is 18.5 Å². The van der Waals surface area contributed by atoms with Crippen molar-refractivity contribution in [1.29, 1.82) is 0 Å². The van der Waals surface area contributed by atoms with Crippen molar-refractivity contribution in [3.63, 3.8) is 0 Å². The van der Waals surface area contributed by atoms with E-state index in [1.54, 1.807) is 9.80 Å². The van der Waals surface area contributed by atoms with Gasteiger partial charge in [0, 0.05) is 61.1 Å². The van der Waals surface area contributed by atoms with Crippen LogP contribution in [0.25, 0.3) is 22.3 Å². The summed E-state index contributed by atoms with van der Waals surface area (Å²) in [6.07, 6.45) is 0. The van der Waals surface area contributed by atoms with Crippen molar-refractivity contribution >= 4 is 74.8 Å². The molecule has 0 saturated carbocycles. The molecule has 10 aromatic rings. The summed E-state index contributed by atoms with van der Waals surface area (Å²) in [7, 11) is 1.22. The molecule has 2 spiro atoms. The Hall–Kier alpha value is -9.04. The lowest BCUT2D eigenvalue weighted by Gasteiger charge is -2.45. The van der Waals surface area contributed by atoms with Gasteiger partial charge in [-0.1, -0.05) is 170 Å². The molecule has 5 aliphatic heterocycles. The zero-order valence-electron chi connectivity index (χ0n) is 41.0. The second kappa shape index (κ2) is 15.7. The van der Waals surface area contributed by atoms with Crippen LogP contribution < -0.4 is 30.5 Å². The van der Waals surface area contributed by atoms with Gasteiger partial charge in [0.15, 0.2) is 8.07 Å². The normalized spacial score (nSPS) is 15.8. The highest BCUT2D eigenvalue weighted by atomic mass is 28.3. The molecular formula is C67H48N4O2Si. The highest BCUT2D eigenvalue weighted by Gasteiger charge is 2.54. The van der Waals surface area contributed by atoms with E-state index in [1.807, 2.05) is 26.2 Å². The van der Waals surface area contributed by atoms with E-state index in [-0.39, 0.29) is 11.8 Å². The van der Waals surface area contributed by atoms with Crippen molar-refractivity contribution in [3.8, 4) is 22.3 Å². The lowest BCUT2D eigenvalue weighted by Crippen LogP contribution is -2.75. The van der Waals surface area contributed by atoms with Crippen LogP contribution in [0.4, 0.5) is 34.1 Å². The van der Waals surface area contributed by atoms with E-state index in [0.717, 1.165) is 33.6 Å². The molecule has 352 valence electrons. The molecule has 0 N–H and O–H groups in total. The van der Waals surface area contributed by atoms with Crippen molar-refractivity contribution < 1.29 is 9.59 Å². The first kappa shape index (κ1) is 42.6. The summed E-state index contributed by atoms with van der Waals surface area (Å²) in [6, 6.07) is 84.0. The SMILES string of the molecule is CN1Cc2cc(N3c4ccccc4C4(c5ccccc5-c5ccccc54)c4ccccc43)ccc2C1=O.CN1Cc2cc(N3c4ccccc4[Si]4(c5ccccc5-c5ccccc54)c4ccccc43)ccc2C1=O. The van der Waals surface area contributed by atoms with Gasteiger partial charge in [-0.2, -0.15) is 0 Å². The summed E-state index contributed by atoms with van der Waals surface area (Å²) in [5, 5.41) is 5.77. The van der Waals surface area contributed by atoms with Gasteiger partial charge in [0.1, 0.15) is 0 Å². The molecule has 6 aliphatic rings. The van der Waals surface area contributed by atoms with Crippen LogP contribution in [0, 0.1) is 0 Å². The molecule has 74 heavy (non-hydrogen) atoms. The van der Waals surface area contributed by atoms with Crippen molar-refractivity contribution in [3.05, 3.63) is 275 Å². The number of hydrogen-bond donors (Lipinski definition) is 0. The van der Waals surface area contributed by atoms with Gasteiger partial charge < -0.3 is 19.6 Å². The van der Waals surface area contributed by atoms with Crippen LogP contribution in [0.15, 0.2) is 231 Å². The van der Waals surface area contributed by atoms with Crippen LogP contribution in [0.3, 0.4) is 0 Å². The van der Waals surface area contributed by atoms with Gasteiger partial charge in [0.25, 0.3) is 11.8 Å². The van der Waals surface area contributed by atoms with Crippen molar-refractivity contribution in [2.75, 3.05) is 23.9 Å². The Morgan fingerprint density at radius 2 is 0.676 bits per heavy atom. The third-order valence-electron chi connectivity index (χ3n) is 16.8. The molecule has 6 nitrogen and oxygen atoms in total. The Bertz CT molecular complexity index is 3610. The number of fused-ring (bicyclic) bond motifs is 20. The first-order chi connectivity index (χ1) is 36.4. The minimum absolute atomic E-state index is 0.0964. The molecule has 0 unspecified atom stereocenters. The standard InChI is InChI=1S/C34H24N2O.C33H24N2OSi/c1-35-21-22-20-23(18-19-24(22)33(35)37)36-31-16-8-6-14-29(31)34(30-15-7-9-17-32(30)36)27-12-4-2-10-25(27)26-11-3-5-13-28(26)34;1-34-21-22-20-23(18-19-24(22)33(34)36)35-27-12-4-8-16-31(27)37(32-17-9-5-13-28(32)35)29-14-6-2-10-25(29)26-11-3-7-15-30(26)37/h2*2-20H,21H2,1H3. The van der Waals surface area contributed by atoms with E-state index in [1.165, 1.54) is 88.0 Å². The molecule has 7 heteroatoms. The average molecular weight is 969 g/mol. The fourth-order valence-corrected chi connectivity index (χ4v) is 19.4. The zero-order valence-corrected chi connectivity index (χ0v) is 42.0. The highest BCUT2D eigenvalue weighted by molar-refractivity contribution is 7.23. The number of hydrogen-bond acceptors (Lipinski definition) is 4. The third kappa shape index (κ3) is 5.53. The third-order valence-corrected chi connectivity index (χ3v) is 21.7. The van der Waals surface area contributed by atoms with Crippen LogP contribution in [0.5, 0.6) is 0 Å². The first-order valence-corrected chi connectivity index (χ1v) is 27.5. The van der Waals surface area contributed by atoms with Crippen molar-refractivity contribution in [2.24, 2.45) is 0 Å². The second-order valence-electron chi connectivity index (χ2n) is 20.4. The van der Waals surface area contributed by atoms with Crippen LogP contribution in [0.1, 0.15) is 54.1 Å². The molecule has 0 fully saturated rings. The fraction of sp³-hybridized carbons (Fsp3) is 0.0746. The number of amides is 2. The molecular weight excluding hydrogens is 921 g/mol. The lowest BCUT2D eigenvalue weighted by atomic mass is 9.64. The summed E-state index contributed by atoms with van der Waals surface area (Å²) in [5.74, 6) is 0.200. The quantitative estimate of drug-likeness (QED) is 0.162. The first-order valence-electron chi connectivity index (χ1n) is 25.5. The Morgan fingerprint density at radius 3 is 1.12 bits per heavy atom. The van der Waals surface area contributed by atoms with Crippen LogP contribution >= 0.6 is 0 Å². The minimum Gasteiger partial charge on any atom is -0.337 e. The zero-order chi connectivity index (χ0) is 49.5. The summed E-state index contributed by atoms with van der Waals surface area (Å²) in [4.78, 5) is 33.6. The Kier molecular flexibility index (Phi) is 9.06. The molecule has 16 rings (SSSR count). The molecule has 5 heterocycles. The number of rotatable bonds is 2. The molecule has 10 aromatic carbocycles. The molecule has 2 amide bonds. The van der Waals surface area contributed by atoms with E-state index in [4.69, 9.17) is 0 Å². The number of carbonyl (C=O) groups is 2. The molecule has 1 aliphatic carbocycles. The van der Waals surface area contributed by atoms with Gasteiger partial charge in [-0.15, -0.1) is 0 Å². The van der Waals surface area contributed by atoms with Gasteiger partial charge in [-0.05, 0) is 137 Å².